The van der Waals surface area contributed by atoms with E-state index >= 15 is 0 Å². The summed E-state index contributed by atoms with van der Waals surface area (Å²) in [6, 6.07) is 2.14. The molecule has 0 unspecified atom stereocenters. The van der Waals surface area contributed by atoms with Crippen molar-refractivity contribution >= 4 is 8.32 Å². The number of rotatable bonds is 2. The minimum absolute atomic E-state index is 0.270. The van der Waals surface area contributed by atoms with Gasteiger partial charge in [-0.1, -0.05) is 27.7 Å². The van der Waals surface area contributed by atoms with E-state index < -0.39 is 8.32 Å². The van der Waals surface area contributed by atoms with Gasteiger partial charge in [0.15, 0.2) is 8.32 Å². The molecule has 1 aliphatic carbocycles. The zero-order valence-corrected chi connectivity index (χ0v) is 13.4. The number of aromatic nitrogens is 1. The Balaban J connectivity index is 2.23. The molecule has 2 rings (SSSR count). The molecule has 1 aromatic rings. The smallest absolute Gasteiger partial charge is 0.192 e. The van der Waals surface area contributed by atoms with Crippen LogP contribution in [0.4, 0.5) is 0 Å². The van der Waals surface area contributed by atoms with Crippen LogP contribution < -0.4 is 0 Å². The Morgan fingerprint density at radius 3 is 2.56 bits per heavy atom. The van der Waals surface area contributed by atoms with Gasteiger partial charge in [-0.05, 0) is 47.7 Å². The number of hydrogen-bond donors (Lipinski definition) is 0. The lowest BCUT2D eigenvalue weighted by Crippen LogP contribution is -2.41. The Kier molecular flexibility index (Phi) is 3.41. The van der Waals surface area contributed by atoms with Crippen LogP contribution in [0.15, 0.2) is 18.5 Å². The second-order valence-corrected chi connectivity index (χ2v) is 11.8. The van der Waals surface area contributed by atoms with Crippen LogP contribution in [0.3, 0.4) is 0 Å². The van der Waals surface area contributed by atoms with Crippen LogP contribution in [0.5, 0.6) is 0 Å². The molecule has 0 saturated carbocycles. The van der Waals surface area contributed by atoms with Crippen molar-refractivity contribution in [1.82, 2.24) is 4.98 Å². The fourth-order valence-electron chi connectivity index (χ4n) is 2.34. The van der Waals surface area contributed by atoms with Gasteiger partial charge in [-0.2, -0.15) is 0 Å². The SMILES string of the molecule is C[C@@H]1C[C@H](O[Si](C)(C)C(C)(C)C)c2ccncc21. The van der Waals surface area contributed by atoms with Crippen LogP contribution in [0, 0.1) is 0 Å². The van der Waals surface area contributed by atoms with E-state index in [1.54, 1.807) is 0 Å². The largest absolute Gasteiger partial charge is 0.410 e. The Hall–Kier alpha value is -0.673. The minimum Gasteiger partial charge on any atom is -0.410 e. The van der Waals surface area contributed by atoms with Crippen LogP contribution in [-0.2, 0) is 4.43 Å². The van der Waals surface area contributed by atoms with E-state index in [2.05, 4.69) is 51.8 Å². The summed E-state index contributed by atoms with van der Waals surface area (Å²) in [6.45, 7) is 13.8. The third-order valence-electron chi connectivity index (χ3n) is 4.58. The lowest BCUT2D eigenvalue weighted by molar-refractivity contribution is 0.180. The molecule has 18 heavy (non-hydrogen) atoms. The first-order valence-corrected chi connectivity index (χ1v) is 9.75. The first-order valence-electron chi connectivity index (χ1n) is 6.84. The summed E-state index contributed by atoms with van der Waals surface area (Å²) in [4.78, 5) is 4.24. The van der Waals surface area contributed by atoms with E-state index in [0.717, 1.165) is 6.42 Å². The van der Waals surface area contributed by atoms with Crippen molar-refractivity contribution in [2.24, 2.45) is 0 Å². The Bertz CT molecular complexity index is 436. The average Bonchev–Trinajstić information content (AvgIpc) is 2.55. The van der Waals surface area contributed by atoms with Crippen LogP contribution in [0.25, 0.3) is 0 Å². The first-order chi connectivity index (χ1) is 8.22. The summed E-state index contributed by atoms with van der Waals surface area (Å²) < 4.78 is 6.57. The molecule has 1 aromatic heterocycles. The Labute approximate surface area is 112 Å². The van der Waals surface area contributed by atoms with Gasteiger partial charge in [-0.15, -0.1) is 0 Å². The molecule has 0 radical (unpaired) electrons. The molecule has 0 amide bonds. The quantitative estimate of drug-likeness (QED) is 0.724. The predicted octanol–water partition coefficient (Wildman–Crippen LogP) is 4.65. The van der Waals surface area contributed by atoms with Crippen molar-refractivity contribution in [1.29, 1.82) is 0 Å². The number of pyridine rings is 1. The lowest BCUT2D eigenvalue weighted by Gasteiger charge is -2.38. The van der Waals surface area contributed by atoms with Crippen LogP contribution in [0.1, 0.15) is 57.3 Å². The molecule has 0 aromatic carbocycles. The van der Waals surface area contributed by atoms with Gasteiger partial charge >= 0.3 is 0 Å². The molecule has 1 aliphatic rings. The highest BCUT2D eigenvalue weighted by Gasteiger charge is 2.41. The molecule has 2 atom stereocenters. The van der Waals surface area contributed by atoms with E-state index in [1.807, 2.05) is 12.4 Å². The van der Waals surface area contributed by atoms with Crippen LogP contribution in [0.2, 0.25) is 18.1 Å². The zero-order valence-electron chi connectivity index (χ0n) is 12.4. The van der Waals surface area contributed by atoms with Crippen molar-refractivity contribution in [3.8, 4) is 0 Å². The average molecular weight is 263 g/mol. The summed E-state index contributed by atoms with van der Waals surface area (Å²) in [6.07, 6.45) is 5.28. The molecule has 3 heteroatoms. The molecule has 0 fully saturated rings. The van der Waals surface area contributed by atoms with Gasteiger partial charge in [-0.3, -0.25) is 4.98 Å². The summed E-state index contributed by atoms with van der Waals surface area (Å²) in [5.41, 5.74) is 2.74. The molecule has 0 spiro atoms. The Morgan fingerprint density at radius 1 is 1.28 bits per heavy atom. The minimum atomic E-state index is -1.69. The van der Waals surface area contributed by atoms with Gasteiger partial charge < -0.3 is 4.43 Å². The molecule has 0 N–H and O–H groups in total. The second-order valence-electron chi connectivity index (χ2n) is 7.01. The van der Waals surface area contributed by atoms with Gasteiger partial charge in [0.25, 0.3) is 0 Å². The fraction of sp³-hybridized carbons (Fsp3) is 0.667. The van der Waals surface area contributed by atoms with Crippen molar-refractivity contribution in [2.75, 3.05) is 0 Å². The maximum atomic E-state index is 6.57. The normalized spacial score (nSPS) is 24.1. The maximum Gasteiger partial charge on any atom is 0.192 e. The fourth-order valence-corrected chi connectivity index (χ4v) is 3.63. The molecule has 0 saturated heterocycles. The summed E-state index contributed by atoms with van der Waals surface area (Å²) >= 11 is 0. The molecule has 0 bridgehead atoms. The van der Waals surface area contributed by atoms with E-state index in [-0.39, 0.29) is 11.1 Å². The van der Waals surface area contributed by atoms with E-state index in [4.69, 9.17) is 4.43 Å². The first kappa shape index (κ1) is 13.8. The van der Waals surface area contributed by atoms with Crippen molar-refractivity contribution in [2.45, 2.75) is 64.3 Å². The van der Waals surface area contributed by atoms with Gasteiger partial charge in [0.2, 0.25) is 0 Å². The van der Waals surface area contributed by atoms with Crippen LogP contribution >= 0.6 is 0 Å². The van der Waals surface area contributed by atoms with Gasteiger partial charge in [0.05, 0.1) is 6.10 Å². The maximum absolute atomic E-state index is 6.57. The highest BCUT2D eigenvalue weighted by molar-refractivity contribution is 6.74. The predicted molar refractivity (Wildman–Crippen MR) is 78.3 cm³/mol. The lowest BCUT2D eigenvalue weighted by atomic mass is 10.1. The number of hydrogen-bond acceptors (Lipinski definition) is 2. The summed E-state index contributed by atoms with van der Waals surface area (Å²) in [7, 11) is -1.69. The molecule has 100 valence electrons. The molecular formula is C15H25NOSi. The van der Waals surface area contributed by atoms with E-state index in [0.29, 0.717) is 5.92 Å². The molecular weight excluding hydrogens is 238 g/mol. The highest BCUT2D eigenvalue weighted by atomic mass is 28.4. The van der Waals surface area contributed by atoms with Gasteiger partial charge in [0.1, 0.15) is 0 Å². The van der Waals surface area contributed by atoms with Gasteiger partial charge in [-0.25, -0.2) is 0 Å². The summed E-state index contributed by atoms with van der Waals surface area (Å²) in [5, 5.41) is 0.270. The number of fused-ring (bicyclic) bond motifs is 1. The zero-order chi connectivity index (χ0) is 13.6. The standard InChI is InChI=1S/C15H25NOSi/c1-11-9-14(12-7-8-16-10-13(11)12)17-18(5,6)15(2,3)4/h7-8,10-11,14H,9H2,1-6H3/t11-,14+/m1/s1. The monoisotopic (exact) mass is 263 g/mol. The number of nitrogens with zero attached hydrogens (tertiary/aromatic N) is 1. The van der Waals surface area contributed by atoms with Crippen molar-refractivity contribution in [3.05, 3.63) is 29.6 Å². The van der Waals surface area contributed by atoms with Crippen molar-refractivity contribution in [3.63, 3.8) is 0 Å². The molecule has 1 heterocycles. The van der Waals surface area contributed by atoms with E-state index in [1.165, 1.54) is 11.1 Å². The summed E-state index contributed by atoms with van der Waals surface area (Å²) in [5.74, 6) is 0.573. The van der Waals surface area contributed by atoms with Crippen LogP contribution in [-0.4, -0.2) is 13.3 Å². The third kappa shape index (κ3) is 2.38. The third-order valence-corrected chi connectivity index (χ3v) is 9.06. The molecule has 0 aliphatic heterocycles. The topological polar surface area (TPSA) is 22.1 Å². The second kappa shape index (κ2) is 4.46. The highest BCUT2D eigenvalue weighted by Crippen LogP contribution is 2.46. The van der Waals surface area contributed by atoms with Gasteiger partial charge in [0, 0.05) is 12.4 Å². The van der Waals surface area contributed by atoms with Crippen molar-refractivity contribution < 1.29 is 4.43 Å². The Morgan fingerprint density at radius 2 is 1.94 bits per heavy atom. The molecule has 2 nitrogen and oxygen atoms in total. The van der Waals surface area contributed by atoms with E-state index in [9.17, 15) is 0 Å².